The topological polar surface area (TPSA) is 237 Å². The van der Waals surface area contributed by atoms with Crippen molar-refractivity contribution in [1.82, 2.24) is 0 Å². The lowest BCUT2D eigenvalue weighted by Gasteiger charge is -2.21. The third-order valence-corrected chi connectivity index (χ3v) is 19.9. The number of carbonyl (C=O) groups is 4. The van der Waals surface area contributed by atoms with Gasteiger partial charge in [-0.15, -0.1) is 0 Å². The maximum absolute atomic E-state index is 13.1. The normalized spacial score (nSPS) is 13.9. The van der Waals surface area contributed by atoms with Crippen LogP contribution < -0.4 is 0 Å². The summed E-state index contributed by atoms with van der Waals surface area (Å²) in [6.45, 7) is 7.29. The summed E-state index contributed by atoms with van der Waals surface area (Å²) in [5.74, 6) is -1.37. The second kappa shape index (κ2) is 70.1. The van der Waals surface area contributed by atoms with Gasteiger partial charge in [-0.25, -0.2) is 9.13 Å². The first-order valence-electron chi connectivity index (χ1n) is 40.1. The zero-order valence-electron chi connectivity index (χ0n) is 62.5. The van der Waals surface area contributed by atoms with E-state index in [1.807, 2.05) is 0 Å². The number of hydrogen-bond acceptors (Lipinski definition) is 15. The molecule has 0 aliphatic heterocycles. The van der Waals surface area contributed by atoms with Crippen molar-refractivity contribution in [2.24, 2.45) is 5.92 Å². The van der Waals surface area contributed by atoms with Gasteiger partial charge in [0, 0.05) is 25.7 Å². The molecule has 0 fully saturated rings. The summed E-state index contributed by atoms with van der Waals surface area (Å²) in [6.07, 6.45) is 59.5. The lowest BCUT2D eigenvalue weighted by Crippen LogP contribution is -2.30. The van der Waals surface area contributed by atoms with Crippen LogP contribution in [0.2, 0.25) is 0 Å². The van der Waals surface area contributed by atoms with Crippen LogP contribution in [0.25, 0.3) is 0 Å². The SMILES string of the molecule is CCCCCCCCCCCCCCCCCCC(=O)OC[C@H](COP(=O)(O)OC[C@@H](O)COP(=O)(O)OC[C@@H](COC(=O)CCCCCCCCCCCCCC)OC(=O)CCCCCCCCCCCC(C)C)OC(=O)CCCCCCCCCCCCCCCCCC. The minimum atomic E-state index is -4.96. The number of carbonyl (C=O) groups excluding carboxylic acids is 4. The van der Waals surface area contributed by atoms with Crippen molar-refractivity contribution in [3.05, 3.63) is 0 Å². The number of esters is 4. The van der Waals surface area contributed by atoms with Crippen LogP contribution in [-0.2, 0) is 65.4 Å². The first-order chi connectivity index (χ1) is 46.5. The maximum atomic E-state index is 13.1. The number of rotatable bonds is 77. The third-order valence-electron chi connectivity index (χ3n) is 18.0. The molecule has 96 heavy (non-hydrogen) atoms. The summed E-state index contributed by atoms with van der Waals surface area (Å²) in [4.78, 5) is 72.9. The smallest absolute Gasteiger partial charge is 0.462 e. The molecule has 0 rings (SSSR count). The summed E-state index contributed by atoms with van der Waals surface area (Å²) in [6, 6.07) is 0. The van der Waals surface area contributed by atoms with E-state index in [0.717, 1.165) is 95.8 Å². The molecule has 0 aliphatic carbocycles. The highest BCUT2D eigenvalue weighted by Crippen LogP contribution is 2.45. The summed E-state index contributed by atoms with van der Waals surface area (Å²) >= 11 is 0. The molecule has 19 heteroatoms. The van der Waals surface area contributed by atoms with E-state index >= 15 is 0 Å². The molecule has 0 saturated heterocycles. The molecule has 0 radical (unpaired) electrons. The molecule has 0 saturated carbocycles. The average Bonchev–Trinajstić information content (AvgIpc) is 1.19. The molecule has 570 valence electrons. The second-order valence-corrected chi connectivity index (χ2v) is 31.1. The van der Waals surface area contributed by atoms with Gasteiger partial charge in [0.25, 0.3) is 0 Å². The van der Waals surface area contributed by atoms with E-state index in [1.165, 1.54) is 231 Å². The molecule has 0 bridgehead atoms. The standard InChI is InChI=1S/C77H150O17P2/c1-6-9-12-15-18-21-24-27-29-31-33-36-41-46-51-56-61-75(80)88-66-72(93-76(81)62-57-52-47-42-37-34-32-30-28-25-22-19-16-13-10-7-2)68-91-95(83,84)89-64-71(78)65-90-96(85,86)92-69-73(94-77(82)63-58-53-48-43-38-39-44-49-54-59-70(4)5)67-87-74(79)60-55-50-45-40-35-26-23-20-17-14-11-8-3/h70-73,78H,6-69H2,1-5H3,(H,83,84)(H,85,86)/t71-,72-,73-/m1/s1. The van der Waals surface area contributed by atoms with Crippen molar-refractivity contribution in [1.29, 1.82) is 0 Å². The van der Waals surface area contributed by atoms with Crippen LogP contribution in [0.4, 0.5) is 0 Å². The molecule has 0 aromatic carbocycles. The highest BCUT2D eigenvalue weighted by Gasteiger charge is 2.30. The van der Waals surface area contributed by atoms with Gasteiger partial charge in [-0.05, 0) is 31.6 Å². The molecule has 0 heterocycles. The summed E-state index contributed by atoms with van der Waals surface area (Å²) in [7, 11) is -9.91. The number of aliphatic hydroxyl groups is 1. The van der Waals surface area contributed by atoms with Crippen LogP contribution in [0.5, 0.6) is 0 Å². The lowest BCUT2D eigenvalue weighted by molar-refractivity contribution is -0.161. The lowest BCUT2D eigenvalue weighted by atomic mass is 10.0. The average molecular weight is 1410 g/mol. The molecule has 0 spiro atoms. The van der Waals surface area contributed by atoms with Crippen molar-refractivity contribution < 1.29 is 80.2 Å². The van der Waals surface area contributed by atoms with Crippen molar-refractivity contribution in [2.75, 3.05) is 39.6 Å². The Bertz CT molecular complexity index is 1840. The summed E-state index contributed by atoms with van der Waals surface area (Å²) < 4.78 is 68.6. The van der Waals surface area contributed by atoms with Crippen LogP contribution >= 0.6 is 15.6 Å². The van der Waals surface area contributed by atoms with E-state index < -0.39 is 97.5 Å². The van der Waals surface area contributed by atoms with Gasteiger partial charge in [0.15, 0.2) is 12.2 Å². The van der Waals surface area contributed by atoms with Gasteiger partial charge in [0.1, 0.15) is 19.3 Å². The molecule has 5 atom stereocenters. The molecule has 0 aliphatic rings. The minimum Gasteiger partial charge on any atom is -0.462 e. The zero-order valence-corrected chi connectivity index (χ0v) is 64.3. The quantitative estimate of drug-likeness (QED) is 0.0222. The van der Waals surface area contributed by atoms with E-state index in [9.17, 15) is 43.2 Å². The van der Waals surface area contributed by atoms with Crippen LogP contribution in [0.15, 0.2) is 0 Å². The first-order valence-corrected chi connectivity index (χ1v) is 43.1. The molecular weight excluding hydrogens is 1260 g/mol. The molecule has 0 aromatic heterocycles. The van der Waals surface area contributed by atoms with Gasteiger partial charge in [0.05, 0.1) is 26.4 Å². The molecule has 0 aromatic rings. The monoisotopic (exact) mass is 1410 g/mol. The largest absolute Gasteiger partial charge is 0.472 e. The summed E-state index contributed by atoms with van der Waals surface area (Å²) in [5.41, 5.74) is 0. The molecule has 17 nitrogen and oxygen atoms in total. The Balaban J connectivity index is 5.25. The van der Waals surface area contributed by atoms with Gasteiger partial charge in [-0.2, -0.15) is 0 Å². The minimum absolute atomic E-state index is 0.106. The Kier molecular flexibility index (Phi) is 68.7. The number of aliphatic hydroxyl groups excluding tert-OH is 1. The number of hydrogen-bond donors (Lipinski definition) is 3. The molecule has 2 unspecified atom stereocenters. The number of ether oxygens (including phenoxy) is 4. The Hall–Kier alpha value is -1.94. The van der Waals surface area contributed by atoms with Crippen molar-refractivity contribution in [3.8, 4) is 0 Å². The van der Waals surface area contributed by atoms with E-state index in [1.54, 1.807) is 0 Å². The highest BCUT2D eigenvalue weighted by atomic mass is 31.2. The fraction of sp³-hybridized carbons (Fsp3) is 0.948. The Morgan fingerprint density at radius 3 is 0.708 bits per heavy atom. The molecular formula is C77H150O17P2. The van der Waals surface area contributed by atoms with Crippen molar-refractivity contribution in [2.45, 2.75) is 425 Å². The van der Waals surface area contributed by atoms with Crippen LogP contribution in [0, 0.1) is 5.92 Å². The van der Waals surface area contributed by atoms with Crippen LogP contribution in [0.3, 0.4) is 0 Å². The van der Waals surface area contributed by atoms with Crippen molar-refractivity contribution in [3.63, 3.8) is 0 Å². The predicted molar refractivity (Wildman–Crippen MR) is 391 cm³/mol. The van der Waals surface area contributed by atoms with Gasteiger partial charge in [0.2, 0.25) is 0 Å². The fourth-order valence-electron chi connectivity index (χ4n) is 11.9. The van der Waals surface area contributed by atoms with Crippen LogP contribution in [-0.4, -0.2) is 96.7 Å². The van der Waals surface area contributed by atoms with E-state index in [4.69, 9.17) is 37.0 Å². The van der Waals surface area contributed by atoms with E-state index in [0.29, 0.717) is 25.7 Å². The predicted octanol–water partition coefficient (Wildman–Crippen LogP) is 22.9. The first kappa shape index (κ1) is 94.1. The molecule has 3 N–H and O–H groups in total. The highest BCUT2D eigenvalue weighted by molar-refractivity contribution is 7.47. The second-order valence-electron chi connectivity index (χ2n) is 28.2. The van der Waals surface area contributed by atoms with E-state index in [-0.39, 0.29) is 25.7 Å². The number of phosphoric ester groups is 2. The Morgan fingerprint density at radius 1 is 0.281 bits per heavy atom. The molecule has 0 amide bonds. The third kappa shape index (κ3) is 70.5. The van der Waals surface area contributed by atoms with Crippen LogP contribution in [0.1, 0.15) is 407 Å². The van der Waals surface area contributed by atoms with Gasteiger partial charge < -0.3 is 33.8 Å². The van der Waals surface area contributed by atoms with Gasteiger partial charge in [-0.3, -0.25) is 37.3 Å². The number of unbranched alkanes of at least 4 members (excludes halogenated alkanes) is 49. The Labute approximate surface area is 588 Å². The maximum Gasteiger partial charge on any atom is 0.472 e. The zero-order chi connectivity index (χ0) is 70.5. The fourth-order valence-corrected chi connectivity index (χ4v) is 13.5. The van der Waals surface area contributed by atoms with E-state index in [2.05, 4.69) is 34.6 Å². The van der Waals surface area contributed by atoms with Gasteiger partial charge >= 0.3 is 39.5 Å². The summed E-state index contributed by atoms with van der Waals surface area (Å²) in [5, 5.41) is 10.6. The van der Waals surface area contributed by atoms with Gasteiger partial charge in [-0.1, -0.05) is 356 Å². The Morgan fingerprint density at radius 2 is 0.479 bits per heavy atom. The van der Waals surface area contributed by atoms with Crippen molar-refractivity contribution >= 4 is 39.5 Å². The number of phosphoric acid groups is 2.